The van der Waals surface area contributed by atoms with Gasteiger partial charge in [-0.05, 0) is 62.1 Å². The first-order chi connectivity index (χ1) is 19.0. The van der Waals surface area contributed by atoms with Gasteiger partial charge in [-0.1, -0.05) is 30.4 Å². The van der Waals surface area contributed by atoms with Gasteiger partial charge in [0.15, 0.2) is 5.75 Å². The lowest BCUT2D eigenvalue weighted by atomic mass is 10.0. The minimum absolute atomic E-state index is 0. The molecule has 0 spiro atoms. The number of piperidine rings is 1. The summed E-state index contributed by atoms with van der Waals surface area (Å²) in [6, 6.07) is 10.3. The van der Waals surface area contributed by atoms with E-state index >= 15 is 0 Å². The number of nitrogen functional groups attached to an aromatic ring is 1. The summed E-state index contributed by atoms with van der Waals surface area (Å²) in [5.41, 5.74) is 9.12. The normalized spacial score (nSPS) is 16.8. The van der Waals surface area contributed by atoms with Crippen LogP contribution in [0.5, 0.6) is 5.75 Å². The number of carbonyl (C=O) groups excluding carboxylic acids is 1. The maximum atomic E-state index is 13.5. The Kier molecular flexibility index (Phi) is 12.3. The molecule has 0 amide bonds. The van der Waals surface area contributed by atoms with Crippen LogP contribution in [0.3, 0.4) is 0 Å². The second kappa shape index (κ2) is 14.8. The predicted molar refractivity (Wildman–Crippen MR) is 171 cm³/mol. The fourth-order valence-corrected chi connectivity index (χ4v) is 6.69. The number of anilines is 1. The molecule has 1 unspecified atom stereocenters. The Morgan fingerprint density at radius 1 is 1.14 bits per heavy atom. The Morgan fingerprint density at radius 3 is 2.45 bits per heavy atom. The fraction of sp³-hybridized carbons (Fsp3) is 0.414. The number of carbonyl (C=O) groups is 1. The minimum atomic E-state index is -4.05. The molecule has 0 saturated carbocycles. The molecule has 0 bridgehead atoms. The summed E-state index contributed by atoms with van der Waals surface area (Å²) in [4.78, 5) is 14.2. The number of rotatable bonds is 9. The van der Waals surface area contributed by atoms with Crippen molar-refractivity contribution in [3.63, 3.8) is 0 Å². The van der Waals surface area contributed by atoms with Crippen LogP contribution in [0.25, 0.3) is 6.08 Å². The number of fused-ring (bicyclic) bond motifs is 1. The molecular weight excluding hydrogens is 601 g/mol. The van der Waals surface area contributed by atoms with Gasteiger partial charge in [-0.15, -0.1) is 24.8 Å². The van der Waals surface area contributed by atoms with Crippen molar-refractivity contribution in [1.29, 1.82) is 10.8 Å². The standard InChI is InChI=1S/C29H37N5O5S.2ClH/c1-4-38-28(35)18-40(36,37)34-24(9-8-21-6-5-7-22(15-21)29(31)32)16-23-17-27(19(2)14-26(23)34)39-25-10-12-33(13-11-25)20(3)30;;/h5-9,14-15,17,24-25,30H,4,10-13,16,18H2,1-3H3,(H3,31,32);2*1H/b9-8+,30-20?;;. The first-order valence-electron chi connectivity index (χ1n) is 13.4. The number of nitrogens with zero attached hydrogens (tertiary/aromatic N) is 2. The molecule has 4 rings (SSSR count). The summed E-state index contributed by atoms with van der Waals surface area (Å²) < 4.78 is 39.7. The molecule has 1 atom stereocenters. The zero-order valence-corrected chi connectivity index (χ0v) is 26.4. The lowest BCUT2D eigenvalue weighted by Crippen LogP contribution is -2.40. The van der Waals surface area contributed by atoms with Crippen molar-refractivity contribution in [2.24, 2.45) is 5.73 Å². The Labute approximate surface area is 260 Å². The Morgan fingerprint density at radius 2 is 1.83 bits per heavy atom. The summed E-state index contributed by atoms with van der Waals surface area (Å²) in [5, 5.41) is 15.5. The minimum Gasteiger partial charge on any atom is -0.490 e. The molecule has 1 saturated heterocycles. The topological polar surface area (TPSA) is 150 Å². The van der Waals surface area contributed by atoms with Crippen molar-refractivity contribution in [2.75, 3.05) is 29.8 Å². The number of hydrogen-bond donors (Lipinski definition) is 3. The van der Waals surface area contributed by atoms with Gasteiger partial charge < -0.3 is 20.1 Å². The van der Waals surface area contributed by atoms with Gasteiger partial charge in [0.1, 0.15) is 17.7 Å². The molecule has 42 heavy (non-hydrogen) atoms. The maximum absolute atomic E-state index is 13.5. The molecule has 2 aromatic rings. The molecule has 230 valence electrons. The second-order valence-corrected chi connectivity index (χ2v) is 12.0. The van der Waals surface area contributed by atoms with Crippen LogP contribution in [-0.2, 0) is 26.0 Å². The first-order valence-corrected chi connectivity index (χ1v) is 15.0. The lowest BCUT2D eigenvalue weighted by molar-refractivity contribution is -0.139. The van der Waals surface area contributed by atoms with E-state index in [9.17, 15) is 13.2 Å². The van der Waals surface area contributed by atoms with Crippen molar-refractivity contribution < 1.29 is 22.7 Å². The third-order valence-corrected chi connectivity index (χ3v) is 8.83. The van der Waals surface area contributed by atoms with Crippen LogP contribution >= 0.6 is 24.8 Å². The van der Waals surface area contributed by atoms with Gasteiger partial charge in [0.2, 0.25) is 10.0 Å². The number of ether oxygens (including phenoxy) is 2. The van der Waals surface area contributed by atoms with E-state index in [2.05, 4.69) is 0 Å². The van der Waals surface area contributed by atoms with E-state index < -0.39 is 27.8 Å². The monoisotopic (exact) mass is 639 g/mol. The third-order valence-electron chi connectivity index (χ3n) is 7.17. The van der Waals surface area contributed by atoms with Crippen LogP contribution in [0.4, 0.5) is 5.69 Å². The summed E-state index contributed by atoms with van der Waals surface area (Å²) in [6.07, 6.45) is 5.63. The van der Waals surface area contributed by atoms with Crippen molar-refractivity contribution in [1.82, 2.24) is 4.90 Å². The molecule has 1 fully saturated rings. The van der Waals surface area contributed by atoms with Gasteiger partial charge in [-0.2, -0.15) is 0 Å². The van der Waals surface area contributed by atoms with Crippen molar-refractivity contribution in [3.8, 4) is 5.75 Å². The van der Waals surface area contributed by atoms with Gasteiger partial charge >= 0.3 is 5.97 Å². The number of nitrogens with two attached hydrogens (primary N) is 1. The molecule has 2 aliphatic heterocycles. The zero-order valence-electron chi connectivity index (χ0n) is 24.0. The number of amidine groups is 2. The highest BCUT2D eigenvalue weighted by Crippen LogP contribution is 2.40. The number of esters is 1. The number of likely N-dealkylation sites (tertiary alicyclic amines) is 1. The Balaban J connectivity index is 0.00000308. The van der Waals surface area contributed by atoms with Crippen LogP contribution in [0.1, 0.15) is 48.9 Å². The second-order valence-electron chi connectivity index (χ2n) is 10.2. The van der Waals surface area contributed by atoms with E-state index in [1.165, 1.54) is 4.31 Å². The van der Waals surface area contributed by atoms with Gasteiger partial charge in [-0.25, -0.2) is 8.42 Å². The molecule has 0 aliphatic carbocycles. The number of benzene rings is 2. The van der Waals surface area contributed by atoms with E-state index in [1.807, 2.05) is 30.0 Å². The van der Waals surface area contributed by atoms with Crippen LogP contribution in [-0.4, -0.2) is 68.6 Å². The molecule has 2 aliphatic rings. The molecule has 0 radical (unpaired) electrons. The van der Waals surface area contributed by atoms with E-state index in [1.54, 1.807) is 44.2 Å². The van der Waals surface area contributed by atoms with E-state index in [0.717, 1.165) is 42.6 Å². The van der Waals surface area contributed by atoms with E-state index in [-0.39, 0.29) is 43.4 Å². The Bertz CT molecular complexity index is 1440. The highest BCUT2D eigenvalue weighted by molar-refractivity contribution is 7.93. The average Bonchev–Trinajstić information content (AvgIpc) is 3.26. The van der Waals surface area contributed by atoms with Crippen molar-refractivity contribution in [2.45, 2.75) is 52.2 Å². The number of sulfonamides is 1. The third kappa shape index (κ3) is 8.17. The van der Waals surface area contributed by atoms with Crippen LogP contribution in [0.15, 0.2) is 42.5 Å². The summed E-state index contributed by atoms with van der Waals surface area (Å²) in [6.45, 7) is 6.94. The zero-order chi connectivity index (χ0) is 29.0. The Hall–Kier alpha value is -3.28. The smallest absolute Gasteiger partial charge is 0.323 e. The average molecular weight is 641 g/mol. The molecule has 13 heteroatoms. The van der Waals surface area contributed by atoms with E-state index in [4.69, 9.17) is 26.0 Å². The predicted octanol–water partition coefficient (Wildman–Crippen LogP) is 4.30. The molecule has 2 heterocycles. The van der Waals surface area contributed by atoms with Gasteiger partial charge in [0, 0.05) is 31.5 Å². The number of halogens is 2. The highest BCUT2D eigenvalue weighted by Gasteiger charge is 2.38. The number of nitrogens with one attached hydrogen (secondary N) is 2. The first kappa shape index (κ1) is 34.9. The summed E-state index contributed by atoms with van der Waals surface area (Å²) >= 11 is 0. The SMILES string of the molecule is CCOC(=O)CS(=O)(=O)N1c2cc(C)c(OC3CCN(C(C)=N)CC3)cc2CC1/C=C/c1cccc(C(=N)N)c1.Cl.Cl. The van der Waals surface area contributed by atoms with Gasteiger partial charge in [-0.3, -0.25) is 19.9 Å². The van der Waals surface area contributed by atoms with Crippen LogP contribution in [0, 0.1) is 17.7 Å². The molecule has 2 aromatic carbocycles. The molecular formula is C29H39Cl2N5O5S. The van der Waals surface area contributed by atoms with Crippen LogP contribution < -0.4 is 14.8 Å². The maximum Gasteiger partial charge on any atom is 0.323 e. The summed E-state index contributed by atoms with van der Waals surface area (Å²) in [7, 11) is -4.05. The van der Waals surface area contributed by atoms with Crippen molar-refractivity contribution in [3.05, 3.63) is 64.7 Å². The molecule has 10 nitrogen and oxygen atoms in total. The quantitative estimate of drug-likeness (QED) is 0.210. The van der Waals surface area contributed by atoms with E-state index in [0.29, 0.717) is 29.3 Å². The number of aryl methyl sites for hydroxylation is 1. The molecule has 0 aromatic heterocycles. The van der Waals surface area contributed by atoms with Crippen LogP contribution in [0.2, 0.25) is 0 Å². The molecule has 4 N–H and O–H groups in total. The van der Waals surface area contributed by atoms with Gasteiger partial charge in [0.05, 0.1) is 24.2 Å². The fourth-order valence-electron chi connectivity index (χ4n) is 5.14. The van der Waals surface area contributed by atoms with Gasteiger partial charge in [0.25, 0.3) is 0 Å². The number of hydrogen-bond acceptors (Lipinski definition) is 7. The summed E-state index contributed by atoms with van der Waals surface area (Å²) in [5.74, 6) is -0.333. The van der Waals surface area contributed by atoms with Crippen molar-refractivity contribution >= 4 is 64.2 Å². The lowest BCUT2D eigenvalue weighted by Gasteiger charge is -2.33. The highest BCUT2D eigenvalue weighted by atomic mass is 35.5. The largest absolute Gasteiger partial charge is 0.490 e.